The van der Waals surface area contributed by atoms with E-state index in [9.17, 15) is 0 Å². The van der Waals surface area contributed by atoms with Crippen LogP contribution in [0, 0.1) is 6.92 Å². The maximum Gasteiger partial charge on any atom is 0.137 e. The average molecular weight is 199 g/mol. The van der Waals surface area contributed by atoms with Crippen LogP contribution in [-0.4, -0.2) is 12.1 Å². The summed E-state index contributed by atoms with van der Waals surface area (Å²) in [6.07, 6.45) is 1.75. The molecule has 2 nitrogen and oxygen atoms in total. The second kappa shape index (κ2) is 4.13. The van der Waals surface area contributed by atoms with Crippen molar-refractivity contribution in [2.75, 3.05) is 7.11 Å². The summed E-state index contributed by atoms with van der Waals surface area (Å²) in [6, 6.07) is 12.1. The topological polar surface area (TPSA) is 22.1 Å². The van der Waals surface area contributed by atoms with E-state index in [-0.39, 0.29) is 0 Å². The zero-order chi connectivity index (χ0) is 10.7. The van der Waals surface area contributed by atoms with Crippen LogP contribution < -0.4 is 4.74 Å². The Balaban J connectivity index is 2.46. The zero-order valence-electron chi connectivity index (χ0n) is 8.90. The van der Waals surface area contributed by atoms with E-state index in [1.54, 1.807) is 13.3 Å². The van der Waals surface area contributed by atoms with Crippen molar-refractivity contribution in [3.8, 4) is 17.0 Å². The summed E-state index contributed by atoms with van der Waals surface area (Å²) in [4.78, 5) is 4.39. The molecule has 2 heteroatoms. The van der Waals surface area contributed by atoms with E-state index in [0.717, 1.165) is 22.6 Å². The number of aryl methyl sites for hydroxylation is 1. The first kappa shape index (κ1) is 9.71. The SMILES string of the molecule is COc1cnc(-c2ccccc2)c(C)c1. The molecule has 2 aromatic rings. The number of ether oxygens (including phenoxy) is 1. The predicted octanol–water partition coefficient (Wildman–Crippen LogP) is 3.07. The van der Waals surface area contributed by atoms with E-state index in [2.05, 4.69) is 17.1 Å². The number of nitrogens with zero attached hydrogens (tertiary/aromatic N) is 1. The smallest absolute Gasteiger partial charge is 0.137 e. The fourth-order valence-electron chi connectivity index (χ4n) is 1.56. The molecule has 0 radical (unpaired) electrons. The molecular weight excluding hydrogens is 186 g/mol. The number of benzene rings is 1. The van der Waals surface area contributed by atoms with Gasteiger partial charge in [0.15, 0.2) is 0 Å². The zero-order valence-corrected chi connectivity index (χ0v) is 8.90. The minimum atomic E-state index is 0.798. The number of methoxy groups -OCH3 is 1. The lowest BCUT2D eigenvalue weighted by atomic mass is 10.1. The molecular formula is C13H13NO. The molecule has 0 aliphatic rings. The molecule has 0 saturated heterocycles. The second-order valence-electron chi connectivity index (χ2n) is 3.41. The third-order valence-electron chi connectivity index (χ3n) is 2.34. The van der Waals surface area contributed by atoms with Crippen molar-refractivity contribution in [2.24, 2.45) is 0 Å². The van der Waals surface area contributed by atoms with Gasteiger partial charge in [-0.3, -0.25) is 4.98 Å². The first-order chi connectivity index (χ1) is 7.31. The Labute approximate surface area is 89.6 Å². The molecule has 0 N–H and O–H groups in total. The summed E-state index contributed by atoms with van der Waals surface area (Å²) in [6.45, 7) is 2.04. The van der Waals surface area contributed by atoms with Gasteiger partial charge in [-0.15, -0.1) is 0 Å². The number of hydrogen-bond donors (Lipinski definition) is 0. The van der Waals surface area contributed by atoms with Gasteiger partial charge in [0.25, 0.3) is 0 Å². The summed E-state index contributed by atoms with van der Waals surface area (Å²) >= 11 is 0. The van der Waals surface area contributed by atoms with E-state index in [1.807, 2.05) is 31.2 Å². The number of hydrogen-bond acceptors (Lipinski definition) is 2. The van der Waals surface area contributed by atoms with Gasteiger partial charge in [0.2, 0.25) is 0 Å². The summed E-state index contributed by atoms with van der Waals surface area (Å²) in [7, 11) is 1.65. The van der Waals surface area contributed by atoms with Crippen molar-refractivity contribution >= 4 is 0 Å². The molecule has 15 heavy (non-hydrogen) atoms. The van der Waals surface area contributed by atoms with Crippen LogP contribution in [0.15, 0.2) is 42.6 Å². The molecule has 0 amide bonds. The van der Waals surface area contributed by atoms with Crippen molar-refractivity contribution in [1.29, 1.82) is 0 Å². The fourth-order valence-corrected chi connectivity index (χ4v) is 1.56. The van der Waals surface area contributed by atoms with Crippen LogP contribution in [0.2, 0.25) is 0 Å². The van der Waals surface area contributed by atoms with Crippen LogP contribution in [0.1, 0.15) is 5.56 Å². The second-order valence-corrected chi connectivity index (χ2v) is 3.41. The van der Waals surface area contributed by atoms with Gasteiger partial charge in [-0.1, -0.05) is 30.3 Å². The van der Waals surface area contributed by atoms with Gasteiger partial charge in [0, 0.05) is 5.56 Å². The fraction of sp³-hybridized carbons (Fsp3) is 0.154. The van der Waals surface area contributed by atoms with Crippen LogP contribution in [0.4, 0.5) is 0 Å². The Bertz CT molecular complexity index is 451. The first-order valence-electron chi connectivity index (χ1n) is 4.87. The first-order valence-corrected chi connectivity index (χ1v) is 4.87. The quantitative estimate of drug-likeness (QED) is 0.741. The molecule has 0 atom stereocenters. The van der Waals surface area contributed by atoms with Crippen LogP contribution in [0.3, 0.4) is 0 Å². The van der Waals surface area contributed by atoms with E-state index in [1.165, 1.54) is 0 Å². The lowest BCUT2D eigenvalue weighted by molar-refractivity contribution is 0.412. The average Bonchev–Trinajstić information content (AvgIpc) is 2.30. The lowest BCUT2D eigenvalue weighted by Gasteiger charge is -2.06. The third kappa shape index (κ3) is 1.99. The van der Waals surface area contributed by atoms with Gasteiger partial charge in [-0.05, 0) is 18.6 Å². The third-order valence-corrected chi connectivity index (χ3v) is 2.34. The van der Waals surface area contributed by atoms with Crippen LogP contribution in [-0.2, 0) is 0 Å². The maximum absolute atomic E-state index is 5.12. The molecule has 0 aliphatic heterocycles. The highest BCUT2D eigenvalue weighted by atomic mass is 16.5. The number of rotatable bonds is 2. The monoisotopic (exact) mass is 199 g/mol. The van der Waals surface area contributed by atoms with Crippen molar-refractivity contribution in [3.05, 3.63) is 48.2 Å². The van der Waals surface area contributed by atoms with E-state index < -0.39 is 0 Å². The van der Waals surface area contributed by atoms with Crippen LogP contribution in [0.25, 0.3) is 11.3 Å². The predicted molar refractivity (Wildman–Crippen MR) is 61.0 cm³/mol. The summed E-state index contributed by atoms with van der Waals surface area (Å²) < 4.78 is 5.12. The molecule has 0 spiro atoms. The summed E-state index contributed by atoms with van der Waals surface area (Å²) in [5, 5.41) is 0. The highest BCUT2D eigenvalue weighted by molar-refractivity contribution is 5.63. The molecule has 1 aromatic carbocycles. The largest absolute Gasteiger partial charge is 0.495 e. The molecule has 0 unspecified atom stereocenters. The van der Waals surface area contributed by atoms with Gasteiger partial charge in [0.1, 0.15) is 5.75 Å². The van der Waals surface area contributed by atoms with Crippen molar-refractivity contribution in [3.63, 3.8) is 0 Å². The highest BCUT2D eigenvalue weighted by Crippen LogP contribution is 2.23. The summed E-state index contributed by atoms with van der Waals surface area (Å²) in [5.41, 5.74) is 3.27. The van der Waals surface area contributed by atoms with Crippen LogP contribution in [0.5, 0.6) is 5.75 Å². The maximum atomic E-state index is 5.12. The minimum absolute atomic E-state index is 0.798. The van der Waals surface area contributed by atoms with E-state index in [0.29, 0.717) is 0 Å². The standard InChI is InChI=1S/C13H13NO/c1-10-8-12(15-2)9-14-13(10)11-6-4-3-5-7-11/h3-9H,1-2H3. The molecule has 0 fully saturated rings. The Morgan fingerprint density at radius 1 is 1.13 bits per heavy atom. The van der Waals surface area contributed by atoms with Gasteiger partial charge in [-0.2, -0.15) is 0 Å². The van der Waals surface area contributed by atoms with Crippen LogP contribution >= 0.6 is 0 Å². The molecule has 1 heterocycles. The normalized spacial score (nSPS) is 10.0. The molecule has 1 aromatic heterocycles. The van der Waals surface area contributed by atoms with Gasteiger partial charge < -0.3 is 4.74 Å². The highest BCUT2D eigenvalue weighted by Gasteiger charge is 2.03. The van der Waals surface area contributed by atoms with Gasteiger partial charge in [-0.25, -0.2) is 0 Å². The molecule has 0 bridgehead atoms. The Hall–Kier alpha value is -1.83. The van der Waals surface area contributed by atoms with Crippen molar-refractivity contribution < 1.29 is 4.74 Å². The molecule has 0 aliphatic carbocycles. The molecule has 76 valence electrons. The number of pyridine rings is 1. The molecule has 2 rings (SSSR count). The summed E-state index contributed by atoms with van der Waals surface area (Å²) in [5.74, 6) is 0.798. The van der Waals surface area contributed by atoms with Gasteiger partial charge in [0.05, 0.1) is 19.0 Å². The Morgan fingerprint density at radius 2 is 1.87 bits per heavy atom. The number of aromatic nitrogens is 1. The van der Waals surface area contributed by atoms with E-state index in [4.69, 9.17) is 4.74 Å². The van der Waals surface area contributed by atoms with Crippen molar-refractivity contribution in [1.82, 2.24) is 4.98 Å². The lowest BCUT2D eigenvalue weighted by Crippen LogP contribution is -1.90. The van der Waals surface area contributed by atoms with Crippen molar-refractivity contribution in [2.45, 2.75) is 6.92 Å². The Kier molecular flexibility index (Phi) is 2.68. The van der Waals surface area contributed by atoms with E-state index >= 15 is 0 Å². The minimum Gasteiger partial charge on any atom is -0.495 e. The molecule has 0 saturated carbocycles. The van der Waals surface area contributed by atoms with Gasteiger partial charge >= 0.3 is 0 Å². The Morgan fingerprint density at radius 3 is 2.47 bits per heavy atom.